The van der Waals surface area contributed by atoms with E-state index in [1.54, 1.807) is 24.4 Å². The zero-order valence-corrected chi connectivity index (χ0v) is 15.9. The number of likely N-dealkylation sites (tertiary alicyclic amines) is 1. The van der Waals surface area contributed by atoms with E-state index in [1.165, 1.54) is 34.1 Å². The normalized spacial score (nSPS) is 18.9. The van der Waals surface area contributed by atoms with Crippen LogP contribution in [0.4, 0.5) is 4.39 Å². The first-order chi connectivity index (χ1) is 13.4. The minimum atomic E-state index is -0.775. The number of rotatable bonds is 6. The fourth-order valence-corrected chi connectivity index (χ4v) is 3.32. The SMILES string of the molecule is C[NH+](C)CCCN1C(=O)C(=O)C(=C(O)c2ccc(F)cc2)C1c1ccccn1. The maximum atomic E-state index is 13.2. The Morgan fingerprint density at radius 1 is 1.18 bits per heavy atom. The lowest BCUT2D eigenvalue weighted by molar-refractivity contribution is -0.858. The maximum Gasteiger partial charge on any atom is 0.295 e. The molecular formula is C21H23FN3O3+. The molecule has 0 saturated carbocycles. The molecule has 0 spiro atoms. The van der Waals surface area contributed by atoms with E-state index in [-0.39, 0.29) is 16.9 Å². The third-order valence-corrected chi connectivity index (χ3v) is 4.70. The number of aromatic nitrogens is 1. The smallest absolute Gasteiger partial charge is 0.295 e. The van der Waals surface area contributed by atoms with Gasteiger partial charge in [-0.1, -0.05) is 6.07 Å². The number of aliphatic hydroxyl groups is 1. The number of benzene rings is 1. The Morgan fingerprint density at radius 2 is 1.89 bits per heavy atom. The Kier molecular flexibility index (Phi) is 5.84. The van der Waals surface area contributed by atoms with Crippen molar-refractivity contribution in [2.75, 3.05) is 27.2 Å². The van der Waals surface area contributed by atoms with Crippen molar-refractivity contribution in [3.8, 4) is 0 Å². The number of nitrogens with zero attached hydrogens (tertiary/aromatic N) is 2. The average molecular weight is 384 g/mol. The van der Waals surface area contributed by atoms with E-state index in [0.29, 0.717) is 18.7 Å². The summed E-state index contributed by atoms with van der Waals surface area (Å²) in [6.07, 6.45) is 2.28. The highest BCUT2D eigenvalue weighted by atomic mass is 19.1. The molecule has 1 saturated heterocycles. The second kappa shape index (κ2) is 8.31. The summed E-state index contributed by atoms with van der Waals surface area (Å²) in [7, 11) is 4.03. The van der Waals surface area contributed by atoms with E-state index < -0.39 is 23.5 Å². The van der Waals surface area contributed by atoms with E-state index in [2.05, 4.69) is 4.98 Å². The van der Waals surface area contributed by atoms with Gasteiger partial charge in [-0.2, -0.15) is 0 Å². The second-order valence-corrected chi connectivity index (χ2v) is 7.06. The summed E-state index contributed by atoms with van der Waals surface area (Å²) >= 11 is 0. The first-order valence-corrected chi connectivity index (χ1v) is 9.14. The summed E-state index contributed by atoms with van der Waals surface area (Å²) in [6, 6.07) is 9.60. The van der Waals surface area contributed by atoms with Gasteiger partial charge in [0.15, 0.2) is 0 Å². The lowest BCUT2D eigenvalue weighted by Crippen LogP contribution is -3.05. The highest BCUT2D eigenvalue weighted by molar-refractivity contribution is 6.46. The first kappa shape index (κ1) is 19.7. The van der Waals surface area contributed by atoms with Crippen LogP contribution < -0.4 is 4.90 Å². The Labute approximate surface area is 162 Å². The van der Waals surface area contributed by atoms with Crippen LogP contribution in [0, 0.1) is 5.82 Å². The summed E-state index contributed by atoms with van der Waals surface area (Å²) < 4.78 is 13.2. The maximum absolute atomic E-state index is 13.2. The Morgan fingerprint density at radius 3 is 2.50 bits per heavy atom. The predicted octanol–water partition coefficient (Wildman–Crippen LogP) is 1.18. The van der Waals surface area contributed by atoms with Crippen LogP contribution in [-0.2, 0) is 9.59 Å². The molecule has 2 N–H and O–H groups in total. The molecule has 2 heterocycles. The van der Waals surface area contributed by atoms with Crippen LogP contribution >= 0.6 is 0 Å². The van der Waals surface area contributed by atoms with Gasteiger partial charge in [0.2, 0.25) is 0 Å². The lowest BCUT2D eigenvalue weighted by atomic mass is 9.98. The number of quaternary nitrogens is 1. The Hall–Kier alpha value is -3.06. The summed E-state index contributed by atoms with van der Waals surface area (Å²) in [5.41, 5.74) is 0.758. The number of Topliss-reactive ketones (excluding diaryl/α,β-unsaturated/α-hetero) is 1. The Balaban J connectivity index is 2.06. The van der Waals surface area contributed by atoms with Gasteiger partial charge in [-0.05, 0) is 36.4 Å². The van der Waals surface area contributed by atoms with Gasteiger partial charge in [0.25, 0.3) is 11.7 Å². The van der Waals surface area contributed by atoms with Crippen molar-refractivity contribution in [2.45, 2.75) is 12.5 Å². The van der Waals surface area contributed by atoms with E-state index in [1.807, 2.05) is 14.1 Å². The van der Waals surface area contributed by atoms with Crippen molar-refractivity contribution in [2.24, 2.45) is 0 Å². The second-order valence-electron chi connectivity index (χ2n) is 7.06. The monoisotopic (exact) mass is 384 g/mol. The fraction of sp³-hybridized carbons (Fsp3) is 0.286. The van der Waals surface area contributed by atoms with Gasteiger partial charge in [0, 0.05) is 24.7 Å². The minimum Gasteiger partial charge on any atom is -0.507 e. The number of nitrogens with one attached hydrogen (secondary N) is 1. The summed E-state index contributed by atoms with van der Waals surface area (Å²) in [6.45, 7) is 1.20. The summed E-state index contributed by atoms with van der Waals surface area (Å²) in [4.78, 5) is 32.5. The molecule has 0 bridgehead atoms. The van der Waals surface area contributed by atoms with Crippen LogP contribution in [0.25, 0.3) is 5.76 Å². The number of hydrogen-bond acceptors (Lipinski definition) is 4. The molecule has 28 heavy (non-hydrogen) atoms. The third kappa shape index (κ3) is 3.94. The van der Waals surface area contributed by atoms with Crippen LogP contribution in [0.5, 0.6) is 0 Å². The molecule has 146 valence electrons. The molecule has 1 fully saturated rings. The molecule has 1 amide bonds. The van der Waals surface area contributed by atoms with Gasteiger partial charge in [-0.15, -0.1) is 0 Å². The van der Waals surface area contributed by atoms with E-state index in [9.17, 15) is 19.1 Å². The van der Waals surface area contributed by atoms with Crippen LogP contribution in [0.2, 0.25) is 0 Å². The fourth-order valence-electron chi connectivity index (χ4n) is 3.32. The molecule has 0 aliphatic carbocycles. The quantitative estimate of drug-likeness (QED) is 0.446. The number of pyridine rings is 1. The molecule has 1 aromatic heterocycles. The first-order valence-electron chi connectivity index (χ1n) is 9.14. The van der Waals surface area contributed by atoms with Crippen molar-refractivity contribution in [3.63, 3.8) is 0 Å². The molecule has 1 aliphatic rings. The number of ketones is 1. The average Bonchev–Trinajstić information content (AvgIpc) is 2.93. The molecule has 6 nitrogen and oxygen atoms in total. The Bertz CT molecular complexity index is 895. The van der Waals surface area contributed by atoms with Crippen molar-refractivity contribution in [1.29, 1.82) is 0 Å². The highest BCUT2D eigenvalue weighted by Gasteiger charge is 2.46. The van der Waals surface area contributed by atoms with Gasteiger partial charge in [-0.25, -0.2) is 4.39 Å². The highest BCUT2D eigenvalue weighted by Crippen LogP contribution is 2.38. The summed E-state index contributed by atoms with van der Waals surface area (Å²) in [5, 5.41) is 10.8. The van der Waals surface area contributed by atoms with Gasteiger partial charge >= 0.3 is 0 Å². The minimum absolute atomic E-state index is 0.0208. The molecule has 1 aliphatic heterocycles. The van der Waals surface area contributed by atoms with Crippen LogP contribution in [-0.4, -0.2) is 53.9 Å². The molecule has 1 aromatic carbocycles. The van der Waals surface area contributed by atoms with Gasteiger partial charge < -0.3 is 14.9 Å². The number of hydrogen-bond donors (Lipinski definition) is 2. The van der Waals surface area contributed by atoms with E-state index in [0.717, 1.165) is 6.54 Å². The van der Waals surface area contributed by atoms with Crippen molar-refractivity contribution in [1.82, 2.24) is 9.88 Å². The number of aliphatic hydroxyl groups excluding tert-OH is 1. The molecule has 0 radical (unpaired) electrons. The number of carbonyl (C=O) groups is 2. The third-order valence-electron chi connectivity index (χ3n) is 4.70. The standard InChI is InChI=1S/C21H22FN3O3/c1-24(2)12-5-13-25-18(16-6-3-4-11-23-16)17(20(27)21(25)28)19(26)14-7-9-15(22)10-8-14/h3-4,6-11,18,26H,5,12-13H2,1-2H3/p+1. The molecular weight excluding hydrogens is 361 g/mol. The largest absolute Gasteiger partial charge is 0.507 e. The van der Waals surface area contributed by atoms with Crippen molar-refractivity contribution < 1.29 is 24.0 Å². The number of carbonyl (C=O) groups excluding carboxylic acids is 2. The van der Waals surface area contributed by atoms with E-state index in [4.69, 9.17) is 0 Å². The van der Waals surface area contributed by atoms with Gasteiger partial charge in [-0.3, -0.25) is 14.6 Å². The molecule has 7 heteroatoms. The molecule has 1 unspecified atom stereocenters. The molecule has 3 rings (SSSR count). The molecule has 1 atom stereocenters. The zero-order valence-electron chi connectivity index (χ0n) is 15.9. The van der Waals surface area contributed by atoms with Crippen LogP contribution in [0.15, 0.2) is 54.2 Å². The zero-order chi connectivity index (χ0) is 20.3. The van der Waals surface area contributed by atoms with Crippen molar-refractivity contribution in [3.05, 3.63) is 71.3 Å². The van der Waals surface area contributed by atoms with Gasteiger partial charge in [0.1, 0.15) is 17.6 Å². The van der Waals surface area contributed by atoms with Crippen LogP contribution in [0.1, 0.15) is 23.7 Å². The van der Waals surface area contributed by atoms with E-state index >= 15 is 0 Å². The topological polar surface area (TPSA) is 74.9 Å². The molecule has 2 aromatic rings. The van der Waals surface area contributed by atoms with Crippen molar-refractivity contribution >= 4 is 17.4 Å². The summed E-state index contributed by atoms with van der Waals surface area (Å²) in [5.74, 6) is -2.19. The predicted molar refractivity (Wildman–Crippen MR) is 102 cm³/mol. The number of halogens is 1. The number of amides is 1. The lowest BCUT2D eigenvalue weighted by Gasteiger charge is -2.24. The van der Waals surface area contributed by atoms with Crippen LogP contribution in [0.3, 0.4) is 0 Å². The van der Waals surface area contributed by atoms with Gasteiger partial charge in [0.05, 0.1) is 31.9 Å².